The molecular formula is C21H16F2N4O2S. The summed E-state index contributed by atoms with van der Waals surface area (Å²) in [7, 11) is 1.49. The number of ether oxygens (including phenoxy) is 1. The van der Waals surface area contributed by atoms with E-state index in [1.165, 1.54) is 53.6 Å². The van der Waals surface area contributed by atoms with Crippen molar-refractivity contribution in [2.24, 2.45) is 0 Å². The molecule has 0 aliphatic heterocycles. The molecule has 0 fully saturated rings. The average molecular weight is 426 g/mol. The lowest BCUT2D eigenvalue weighted by Crippen LogP contribution is -2.13. The number of thiazole rings is 1. The minimum Gasteiger partial charge on any atom is -0.496 e. The number of carbonyl (C=O) groups excluding carboxylic acids is 1. The molecule has 0 atom stereocenters. The van der Waals surface area contributed by atoms with Gasteiger partial charge in [-0.3, -0.25) is 10.1 Å². The van der Waals surface area contributed by atoms with Crippen LogP contribution in [0.15, 0.2) is 54.0 Å². The topological polar surface area (TPSA) is 69.0 Å². The number of methoxy groups -OCH3 is 1. The molecule has 4 rings (SSSR count). The van der Waals surface area contributed by atoms with E-state index in [1.54, 1.807) is 30.5 Å². The third kappa shape index (κ3) is 3.67. The first-order valence-corrected chi connectivity index (χ1v) is 9.76. The molecule has 0 aliphatic carbocycles. The second kappa shape index (κ2) is 8.03. The minimum absolute atomic E-state index is 0.254. The van der Waals surface area contributed by atoms with Crippen LogP contribution in [-0.2, 0) is 0 Å². The Kier molecular flexibility index (Phi) is 5.28. The smallest absolute Gasteiger partial charge is 0.260 e. The fourth-order valence-electron chi connectivity index (χ4n) is 3.00. The SMILES string of the molecule is COc1ccc(F)cc1-c1csc(NC(=O)c2cnn(-c3ccccc3F)c2C)n1. The van der Waals surface area contributed by atoms with Gasteiger partial charge in [-0.2, -0.15) is 5.10 Å². The van der Waals surface area contributed by atoms with Gasteiger partial charge in [-0.05, 0) is 37.3 Å². The van der Waals surface area contributed by atoms with Crippen molar-refractivity contribution in [2.45, 2.75) is 6.92 Å². The lowest BCUT2D eigenvalue weighted by molar-refractivity contribution is 0.102. The highest BCUT2D eigenvalue weighted by Crippen LogP contribution is 2.33. The Hall–Kier alpha value is -3.59. The summed E-state index contributed by atoms with van der Waals surface area (Å²) in [6, 6.07) is 10.3. The van der Waals surface area contributed by atoms with Gasteiger partial charge in [0.25, 0.3) is 5.91 Å². The summed E-state index contributed by atoms with van der Waals surface area (Å²) in [6.45, 7) is 1.68. The maximum Gasteiger partial charge on any atom is 0.260 e. The van der Waals surface area contributed by atoms with Gasteiger partial charge in [0, 0.05) is 10.9 Å². The van der Waals surface area contributed by atoms with Crippen LogP contribution in [0.4, 0.5) is 13.9 Å². The molecule has 2 aromatic heterocycles. The molecule has 152 valence electrons. The number of aromatic nitrogens is 3. The van der Waals surface area contributed by atoms with Crippen molar-refractivity contribution in [3.05, 3.63) is 76.9 Å². The van der Waals surface area contributed by atoms with Gasteiger partial charge in [-0.1, -0.05) is 12.1 Å². The van der Waals surface area contributed by atoms with Gasteiger partial charge in [-0.25, -0.2) is 18.4 Å². The Morgan fingerprint density at radius 2 is 2.00 bits per heavy atom. The first kappa shape index (κ1) is 19.7. The molecule has 0 saturated heterocycles. The molecule has 1 N–H and O–H groups in total. The Labute approximate surface area is 174 Å². The first-order chi connectivity index (χ1) is 14.5. The monoisotopic (exact) mass is 426 g/mol. The number of halogens is 2. The molecular weight excluding hydrogens is 410 g/mol. The number of hydrogen-bond donors (Lipinski definition) is 1. The lowest BCUT2D eigenvalue weighted by atomic mass is 10.1. The van der Waals surface area contributed by atoms with Crippen LogP contribution in [0.1, 0.15) is 16.1 Å². The van der Waals surface area contributed by atoms with E-state index in [-0.39, 0.29) is 5.69 Å². The number of carbonyl (C=O) groups is 1. The van der Waals surface area contributed by atoms with Crippen LogP contribution in [0.3, 0.4) is 0 Å². The van der Waals surface area contributed by atoms with Crippen molar-refractivity contribution >= 4 is 22.4 Å². The van der Waals surface area contributed by atoms with Crippen molar-refractivity contribution in [1.82, 2.24) is 14.8 Å². The van der Waals surface area contributed by atoms with Crippen molar-refractivity contribution in [1.29, 1.82) is 0 Å². The highest BCUT2D eigenvalue weighted by atomic mass is 32.1. The average Bonchev–Trinajstić information content (AvgIpc) is 3.35. The third-order valence-electron chi connectivity index (χ3n) is 4.50. The number of nitrogens with zero attached hydrogens (tertiary/aromatic N) is 3. The predicted molar refractivity (Wildman–Crippen MR) is 110 cm³/mol. The molecule has 6 nitrogen and oxygen atoms in total. The van der Waals surface area contributed by atoms with Gasteiger partial charge < -0.3 is 4.74 Å². The Balaban J connectivity index is 1.58. The van der Waals surface area contributed by atoms with Crippen LogP contribution in [0.5, 0.6) is 5.75 Å². The molecule has 1 amide bonds. The normalized spacial score (nSPS) is 10.8. The second-order valence-electron chi connectivity index (χ2n) is 6.34. The van der Waals surface area contributed by atoms with Gasteiger partial charge in [0.2, 0.25) is 0 Å². The lowest BCUT2D eigenvalue weighted by Gasteiger charge is -2.07. The quantitative estimate of drug-likeness (QED) is 0.496. The Morgan fingerprint density at radius 3 is 2.77 bits per heavy atom. The van der Waals surface area contributed by atoms with Crippen molar-refractivity contribution in [3.8, 4) is 22.7 Å². The van der Waals surface area contributed by atoms with Crippen LogP contribution >= 0.6 is 11.3 Å². The molecule has 0 spiro atoms. The molecule has 0 bridgehead atoms. The van der Waals surface area contributed by atoms with Crippen molar-refractivity contribution in [3.63, 3.8) is 0 Å². The summed E-state index contributed by atoms with van der Waals surface area (Å²) in [5.41, 5.74) is 1.99. The molecule has 2 aromatic carbocycles. The second-order valence-corrected chi connectivity index (χ2v) is 7.20. The third-order valence-corrected chi connectivity index (χ3v) is 5.25. The number of nitrogens with one attached hydrogen (secondary N) is 1. The van der Waals surface area contributed by atoms with Gasteiger partial charge in [0.1, 0.15) is 23.1 Å². The Morgan fingerprint density at radius 1 is 1.20 bits per heavy atom. The molecule has 30 heavy (non-hydrogen) atoms. The van der Waals surface area contributed by atoms with Gasteiger partial charge in [0.05, 0.1) is 30.3 Å². The zero-order valence-corrected chi connectivity index (χ0v) is 16.8. The summed E-state index contributed by atoms with van der Waals surface area (Å²) in [5, 5.41) is 8.87. The molecule has 0 radical (unpaired) electrons. The van der Waals surface area contributed by atoms with E-state index >= 15 is 0 Å². The maximum atomic E-state index is 14.1. The number of anilines is 1. The Bertz CT molecular complexity index is 1240. The van der Waals surface area contributed by atoms with E-state index in [1.807, 2.05) is 0 Å². The van der Waals surface area contributed by atoms with Crippen LogP contribution in [0, 0.1) is 18.6 Å². The standard InChI is InChI=1S/C21H16F2N4O2S/c1-12-15(10-24-27(12)18-6-4-3-5-16(18)23)20(28)26-21-25-17(11-30-21)14-9-13(22)7-8-19(14)29-2/h3-11H,1-2H3,(H,25,26,28). The van der Waals surface area contributed by atoms with Crippen LogP contribution in [0.2, 0.25) is 0 Å². The molecule has 0 saturated carbocycles. The molecule has 2 heterocycles. The number of para-hydroxylation sites is 1. The number of benzene rings is 2. The van der Waals surface area contributed by atoms with E-state index in [0.29, 0.717) is 33.4 Å². The minimum atomic E-state index is -0.440. The first-order valence-electron chi connectivity index (χ1n) is 8.88. The van der Waals surface area contributed by atoms with Crippen molar-refractivity contribution in [2.75, 3.05) is 12.4 Å². The summed E-state index contributed by atoms with van der Waals surface area (Å²) in [6.07, 6.45) is 1.38. The molecule has 0 unspecified atom stereocenters. The number of amides is 1. The fraction of sp³-hybridized carbons (Fsp3) is 0.0952. The summed E-state index contributed by atoms with van der Waals surface area (Å²) >= 11 is 1.20. The predicted octanol–water partition coefficient (Wildman–Crippen LogP) is 4.84. The molecule has 4 aromatic rings. The van der Waals surface area contributed by atoms with Gasteiger partial charge in [-0.15, -0.1) is 11.3 Å². The van der Waals surface area contributed by atoms with Gasteiger partial charge >= 0.3 is 0 Å². The molecule has 0 aliphatic rings. The maximum absolute atomic E-state index is 14.1. The van der Waals surface area contributed by atoms with Crippen LogP contribution < -0.4 is 10.1 Å². The summed E-state index contributed by atoms with van der Waals surface area (Å²) in [5.74, 6) is -0.811. The zero-order chi connectivity index (χ0) is 21.3. The molecule has 9 heteroatoms. The van der Waals surface area contributed by atoms with E-state index < -0.39 is 17.5 Å². The fourth-order valence-corrected chi connectivity index (χ4v) is 3.70. The zero-order valence-electron chi connectivity index (χ0n) is 16.0. The van der Waals surface area contributed by atoms with Crippen LogP contribution in [-0.4, -0.2) is 27.8 Å². The van der Waals surface area contributed by atoms with Crippen LogP contribution in [0.25, 0.3) is 16.9 Å². The van der Waals surface area contributed by atoms with E-state index in [4.69, 9.17) is 4.74 Å². The van der Waals surface area contributed by atoms with E-state index in [0.717, 1.165) is 0 Å². The number of hydrogen-bond acceptors (Lipinski definition) is 5. The van der Waals surface area contributed by atoms with E-state index in [9.17, 15) is 13.6 Å². The summed E-state index contributed by atoms with van der Waals surface area (Å²) in [4.78, 5) is 17.1. The number of rotatable bonds is 5. The summed E-state index contributed by atoms with van der Waals surface area (Å²) < 4.78 is 34.3. The highest BCUT2D eigenvalue weighted by molar-refractivity contribution is 7.14. The van der Waals surface area contributed by atoms with Crippen molar-refractivity contribution < 1.29 is 18.3 Å². The van der Waals surface area contributed by atoms with E-state index in [2.05, 4.69) is 15.4 Å². The van der Waals surface area contributed by atoms with Gasteiger partial charge in [0.15, 0.2) is 5.13 Å². The largest absolute Gasteiger partial charge is 0.496 e. The highest BCUT2D eigenvalue weighted by Gasteiger charge is 2.19.